The predicted octanol–water partition coefficient (Wildman–Crippen LogP) is 2.20. The van der Waals surface area contributed by atoms with Crippen LogP contribution in [0.1, 0.15) is 35.4 Å². The number of nitrogens with zero attached hydrogens (tertiary/aromatic N) is 4. The normalized spacial score (nSPS) is 19.1. The third-order valence-electron chi connectivity index (χ3n) is 4.38. The first-order chi connectivity index (χ1) is 10.6. The molecule has 2 aromatic heterocycles. The van der Waals surface area contributed by atoms with Crippen LogP contribution >= 0.6 is 0 Å². The van der Waals surface area contributed by atoms with Crippen molar-refractivity contribution in [3.05, 3.63) is 35.8 Å². The number of hydrogen-bond acceptors (Lipinski definition) is 3. The number of likely N-dealkylation sites (N-methyl/N-ethyl adjacent to an activating group) is 1. The van der Waals surface area contributed by atoms with Crippen molar-refractivity contribution in [2.24, 2.45) is 0 Å². The van der Waals surface area contributed by atoms with Crippen LogP contribution in [0.5, 0.6) is 0 Å². The summed E-state index contributed by atoms with van der Waals surface area (Å²) < 4.78 is 1.98. The molecule has 0 radical (unpaired) electrons. The van der Waals surface area contributed by atoms with Gasteiger partial charge in [0, 0.05) is 31.0 Å². The van der Waals surface area contributed by atoms with Crippen LogP contribution in [0.2, 0.25) is 0 Å². The molecule has 22 heavy (non-hydrogen) atoms. The highest BCUT2D eigenvalue weighted by Crippen LogP contribution is 2.20. The number of aromatic nitrogens is 2. The quantitative estimate of drug-likeness (QED) is 0.872. The molecule has 2 aromatic rings. The summed E-state index contributed by atoms with van der Waals surface area (Å²) in [5.74, 6) is 0.0645. The molecule has 3 heterocycles. The number of fused-ring (bicyclic) bond motifs is 1. The van der Waals surface area contributed by atoms with Crippen molar-refractivity contribution >= 4 is 11.6 Å². The lowest BCUT2D eigenvalue weighted by atomic mass is 10.0. The summed E-state index contributed by atoms with van der Waals surface area (Å²) in [5, 5.41) is 0. The van der Waals surface area contributed by atoms with Gasteiger partial charge in [0.05, 0.1) is 0 Å². The predicted molar refractivity (Wildman–Crippen MR) is 87.2 cm³/mol. The van der Waals surface area contributed by atoms with E-state index in [-0.39, 0.29) is 5.91 Å². The molecule has 1 unspecified atom stereocenters. The summed E-state index contributed by atoms with van der Waals surface area (Å²) in [7, 11) is 4.12. The average Bonchev–Trinajstić information content (AvgIpc) is 2.92. The van der Waals surface area contributed by atoms with E-state index < -0.39 is 0 Å². The lowest BCUT2D eigenvalue weighted by molar-refractivity contribution is 0.0569. The molecular formula is C17H24N4O. The van der Waals surface area contributed by atoms with E-state index in [0.717, 1.165) is 37.3 Å². The molecule has 1 saturated heterocycles. The maximum absolute atomic E-state index is 12.9. The SMILES string of the molecule is Cc1cccc2nc(C(=O)N3CCCCC3CN(C)C)cn12. The van der Waals surface area contributed by atoms with Crippen LogP contribution in [0.4, 0.5) is 0 Å². The maximum Gasteiger partial charge on any atom is 0.274 e. The van der Waals surface area contributed by atoms with Crippen LogP contribution < -0.4 is 0 Å². The summed E-state index contributed by atoms with van der Waals surface area (Å²) >= 11 is 0. The monoisotopic (exact) mass is 300 g/mol. The molecule has 1 aliphatic rings. The fraction of sp³-hybridized carbons (Fsp3) is 0.529. The minimum atomic E-state index is 0.0645. The highest BCUT2D eigenvalue weighted by molar-refractivity contribution is 5.93. The molecule has 0 bridgehead atoms. The zero-order chi connectivity index (χ0) is 15.7. The van der Waals surface area contributed by atoms with E-state index >= 15 is 0 Å². The summed E-state index contributed by atoms with van der Waals surface area (Å²) in [6.07, 6.45) is 5.24. The molecule has 1 aliphatic heterocycles. The van der Waals surface area contributed by atoms with Crippen LogP contribution in [-0.4, -0.2) is 58.3 Å². The fourth-order valence-corrected chi connectivity index (χ4v) is 3.28. The maximum atomic E-state index is 12.9. The Labute approximate surface area is 131 Å². The Hall–Kier alpha value is -1.88. The summed E-state index contributed by atoms with van der Waals surface area (Å²) in [4.78, 5) is 21.6. The smallest absolute Gasteiger partial charge is 0.274 e. The number of carbonyl (C=O) groups excluding carboxylic acids is 1. The van der Waals surface area contributed by atoms with E-state index in [9.17, 15) is 4.79 Å². The number of imidazole rings is 1. The number of rotatable bonds is 3. The minimum Gasteiger partial charge on any atom is -0.333 e. The highest BCUT2D eigenvalue weighted by Gasteiger charge is 2.29. The molecule has 0 spiro atoms. The van der Waals surface area contributed by atoms with Crippen LogP contribution in [0, 0.1) is 6.92 Å². The van der Waals surface area contributed by atoms with Gasteiger partial charge in [-0.25, -0.2) is 4.98 Å². The highest BCUT2D eigenvalue weighted by atomic mass is 16.2. The van der Waals surface area contributed by atoms with Gasteiger partial charge in [0.15, 0.2) is 0 Å². The standard InChI is InChI=1S/C17H24N4O/c1-13-7-6-9-16-18-15(12-21(13)16)17(22)20-10-5-4-8-14(20)11-19(2)3/h6-7,9,12,14H,4-5,8,10-11H2,1-3H3. The van der Waals surface area contributed by atoms with Crippen molar-refractivity contribution < 1.29 is 4.79 Å². The second-order valence-electron chi connectivity index (χ2n) is 6.43. The third-order valence-corrected chi connectivity index (χ3v) is 4.38. The number of amides is 1. The van der Waals surface area contributed by atoms with E-state index in [2.05, 4.69) is 24.0 Å². The Morgan fingerprint density at radius 1 is 1.36 bits per heavy atom. The molecule has 0 aromatic carbocycles. The molecule has 5 nitrogen and oxygen atoms in total. The van der Waals surface area contributed by atoms with Crippen molar-refractivity contribution in [2.45, 2.75) is 32.2 Å². The van der Waals surface area contributed by atoms with Gasteiger partial charge in [-0.3, -0.25) is 4.79 Å². The lowest BCUT2D eigenvalue weighted by Crippen LogP contribution is -2.48. The van der Waals surface area contributed by atoms with Crippen molar-refractivity contribution in [1.82, 2.24) is 19.2 Å². The van der Waals surface area contributed by atoms with Gasteiger partial charge in [0.1, 0.15) is 11.3 Å². The summed E-state index contributed by atoms with van der Waals surface area (Å²) in [5.41, 5.74) is 2.48. The molecule has 3 rings (SSSR count). The van der Waals surface area contributed by atoms with Gasteiger partial charge in [0.2, 0.25) is 0 Å². The van der Waals surface area contributed by atoms with Crippen LogP contribution in [0.3, 0.4) is 0 Å². The summed E-state index contributed by atoms with van der Waals surface area (Å²) in [6, 6.07) is 6.24. The molecule has 1 atom stereocenters. The van der Waals surface area contributed by atoms with Crippen molar-refractivity contribution in [2.75, 3.05) is 27.2 Å². The summed E-state index contributed by atoms with van der Waals surface area (Å²) in [6.45, 7) is 3.78. The number of pyridine rings is 1. The van der Waals surface area contributed by atoms with Gasteiger partial charge in [-0.05, 0) is 52.4 Å². The first-order valence-electron chi connectivity index (χ1n) is 7.96. The Bertz CT molecular complexity index is 676. The van der Waals surface area contributed by atoms with Gasteiger partial charge in [-0.1, -0.05) is 6.07 Å². The van der Waals surface area contributed by atoms with Crippen LogP contribution in [0.25, 0.3) is 5.65 Å². The zero-order valence-electron chi connectivity index (χ0n) is 13.6. The van der Waals surface area contributed by atoms with Crippen molar-refractivity contribution in [3.63, 3.8) is 0 Å². The van der Waals surface area contributed by atoms with E-state index in [1.807, 2.05) is 40.6 Å². The number of piperidine rings is 1. The van der Waals surface area contributed by atoms with Gasteiger partial charge in [-0.2, -0.15) is 0 Å². The average molecular weight is 300 g/mol. The third kappa shape index (κ3) is 2.86. The van der Waals surface area contributed by atoms with Gasteiger partial charge >= 0.3 is 0 Å². The van der Waals surface area contributed by atoms with E-state index in [1.165, 1.54) is 6.42 Å². The Kier molecular flexibility index (Phi) is 4.16. The Balaban J connectivity index is 1.88. The van der Waals surface area contributed by atoms with Crippen LogP contribution in [-0.2, 0) is 0 Å². The Morgan fingerprint density at radius 3 is 2.91 bits per heavy atom. The molecule has 1 amide bonds. The van der Waals surface area contributed by atoms with Gasteiger partial charge in [0.25, 0.3) is 5.91 Å². The number of carbonyl (C=O) groups is 1. The van der Waals surface area contributed by atoms with Crippen LogP contribution in [0.15, 0.2) is 24.4 Å². The Morgan fingerprint density at radius 2 is 2.18 bits per heavy atom. The number of hydrogen-bond donors (Lipinski definition) is 0. The number of likely N-dealkylation sites (tertiary alicyclic amines) is 1. The fourth-order valence-electron chi connectivity index (χ4n) is 3.28. The van der Waals surface area contributed by atoms with Gasteiger partial charge in [-0.15, -0.1) is 0 Å². The molecule has 118 valence electrons. The molecule has 0 aliphatic carbocycles. The first kappa shape index (κ1) is 15.0. The first-order valence-corrected chi connectivity index (χ1v) is 7.96. The molecule has 0 saturated carbocycles. The van der Waals surface area contributed by atoms with Crippen molar-refractivity contribution in [3.8, 4) is 0 Å². The van der Waals surface area contributed by atoms with E-state index in [4.69, 9.17) is 0 Å². The minimum absolute atomic E-state index is 0.0645. The van der Waals surface area contributed by atoms with E-state index in [0.29, 0.717) is 11.7 Å². The van der Waals surface area contributed by atoms with Crippen molar-refractivity contribution in [1.29, 1.82) is 0 Å². The largest absolute Gasteiger partial charge is 0.333 e. The lowest BCUT2D eigenvalue weighted by Gasteiger charge is -2.36. The topological polar surface area (TPSA) is 40.9 Å². The number of aryl methyl sites for hydroxylation is 1. The zero-order valence-corrected chi connectivity index (χ0v) is 13.6. The van der Waals surface area contributed by atoms with Gasteiger partial charge < -0.3 is 14.2 Å². The molecule has 5 heteroatoms. The molecule has 1 fully saturated rings. The second-order valence-corrected chi connectivity index (χ2v) is 6.43. The second kappa shape index (κ2) is 6.08. The molecular weight excluding hydrogens is 276 g/mol. The molecule has 0 N–H and O–H groups in total. The van der Waals surface area contributed by atoms with E-state index in [1.54, 1.807) is 0 Å².